The monoisotopic (exact) mass is 284 g/mol. The number of hydrogen-bond acceptors (Lipinski definition) is 4. The van der Waals surface area contributed by atoms with E-state index in [0.29, 0.717) is 17.6 Å². The zero-order valence-corrected chi connectivity index (χ0v) is 13.5. The maximum absolute atomic E-state index is 5.76. The van der Waals surface area contributed by atoms with Gasteiger partial charge in [-0.3, -0.25) is 4.90 Å². The highest BCUT2D eigenvalue weighted by Gasteiger charge is 2.36. The number of rotatable bonds is 6. The second kappa shape index (κ2) is 7.74. The molecule has 20 heavy (non-hydrogen) atoms. The van der Waals surface area contributed by atoms with Crippen LogP contribution >= 0.6 is 0 Å². The molecule has 2 atom stereocenters. The molecule has 2 aliphatic heterocycles. The van der Waals surface area contributed by atoms with E-state index in [1.165, 1.54) is 25.8 Å². The van der Waals surface area contributed by atoms with E-state index in [0.717, 1.165) is 39.5 Å². The van der Waals surface area contributed by atoms with Crippen LogP contribution in [0.5, 0.6) is 0 Å². The molecule has 0 amide bonds. The lowest BCUT2D eigenvalue weighted by atomic mass is 9.79. The van der Waals surface area contributed by atoms with Gasteiger partial charge in [0.25, 0.3) is 0 Å². The fraction of sp³-hybridized carbons (Fsp3) is 1.00. The van der Waals surface area contributed by atoms with Crippen molar-refractivity contribution in [3.05, 3.63) is 0 Å². The Hall–Kier alpha value is -0.160. The molecule has 0 aromatic heterocycles. The summed E-state index contributed by atoms with van der Waals surface area (Å²) in [7, 11) is 0. The molecule has 1 N–H and O–H groups in total. The normalized spacial score (nSPS) is 31.4. The average molecular weight is 284 g/mol. The number of hydrogen-bond donors (Lipinski definition) is 1. The van der Waals surface area contributed by atoms with Crippen molar-refractivity contribution in [3.63, 3.8) is 0 Å². The maximum Gasteiger partial charge on any atom is 0.0674 e. The molecule has 118 valence electrons. The lowest BCUT2D eigenvalue weighted by Crippen LogP contribution is -2.54. The minimum absolute atomic E-state index is 0.367. The fourth-order valence-electron chi connectivity index (χ4n) is 3.35. The summed E-state index contributed by atoms with van der Waals surface area (Å²) in [6, 6.07) is 0.539. The van der Waals surface area contributed by atoms with Crippen LogP contribution in [0.4, 0.5) is 0 Å². The Labute approximate surface area is 124 Å². The van der Waals surface area contributed by atoms with E-state index < -0.39 is 0 Å². The van der Waals surface area contributed by atoms with Gasteiger partial charge in [0, 0.05) is 38.9 Å². The Morgan fingerprint density at radius 2 is 2.00 bits per heavy atom. The van der Waals surface area contributed by atoms with Crippen LogP contribution in [0, 0.1) is 5.41 Å². The van der Waals surface area contributed by atoms with E-state index in [-0.39, 0.29) is 0 Å². The van der Waals surface area contributed by atoms with Gasteiger partial charge in [-0.1, -0.05) is 6.92 Å². The van der Waals surface area contributed by atoms with Crippen LogP contribution in [-0.2, 0) is 9.47 Å². The molecule has 2 heterocycles. The Kier molecular flexibility index (Phi) is 6.27. The third kappa shape index (κ3) is 4.42. The smallest absolute Gasteiger partial charge is 0.0674 e. The van der Waals surface area contributed by atoms with E-state index in [9.17, 15) is 0 Å². The zero-order chi connectivity index (χ0) is 14.4. The molecule has 0 radical (unpaired) electrons. The van der Waals surface area contributed by atoms with Crippen molar-refractivity contribution in [2.45, 2.75) is 52.2 Å². The number of nitrogens with zero attached hydrogens (tertiary/aromatic N) is 1. The van der Waals surface area contributed by atoms with Gasteiger partial charge in [-0.05, 0) is 45.1 Å². The molecule has 0 saturated carbocycles. The first-order chi connectivity index (χ1) is 9.65. The quantitative estimate of drug-likeness (QED) is 0.755. The van der Waals surface area contributed by atoms with Gasteiger partial charge in [0.1, 0.15) is 0 Å². The van der Waals surface area contributed by atoms with E-state index in [1.54, 1.807) is 0 Å². The van der Waals surface area contributed by atoms with Gasteiger partial charge in [-0.15, -0.1) is 0 Å². The summed E-state index contributed by atoms with van der Waals surface area (Å²) in [5.74, 6) is 0. The van der Waals surface area contributed by atoms with Crippen molar-refractivity contribution < 1.29 is 9.47 Å². The van der Waals surface area contributed by atoms with Crippen LogP contribution in [-0.4, -0.2) is 63.0 Å². The summed E-state index contributed by atoms with van der Waals surface area (Å²) in [6.07, 6.45) is 3.94. The van der Waals surface area contributed by atoms with Crippen LogP contribution in [0.25, 0.3) is 0 Å². The first kappa shape index (κ1) is 16.2. The van der Waals surface area contributed by atoms with Gasteiger partial charge >= 0.3 is 0 Å². The van der Waals surface area contributed by atoms with Gasteiger partial charge in [-0.25, -0.2) is 0 Å². The topological polar surface area (TPSA) is 33.7 Å². The summed E-state index contributed by atoms with van der Waals surface area (Å²) < 4.78 is 11.4. The van der Waals surface area contributed by atoms with E-state index >= 15 is 0 Å². The van der Waals surface area contributed by atoms with E-state index in [2.05, 4.69) is 31.0 Å². The SMILES string of the molecule is CCCNCC1(CN2CC(C)OCC2C)CCOCC1. The number of nitrogens with one attached hydrogen (secondary N) is 1. The van der Waals surface area contributed by atoms with Crippen molar-refractivity contribution in [1.29, 1.82) is 0 Å². The van der Waals surface area contributed by atoms with Crippen LogP contribution in [0.15, 0.2) is 0 Å². The molecule has 0 aliphatic carbocycles. The first-order valence-electron chi connectivity index (χ1n) is 8.29. The highest BCUT2D eigenvalue weighted by molar-refractivity contribution is 4.90. The van der Waals surface area contributed by atoms with Gasteiger partial charge in [0.15, 0.2) is 0 Å². The Balaban J connectivity index is 1.95. The van der Waals surface area contributed by atoms with Crippen molar-refractivity contribution in [3.8, 4) is 0 Å². The molecule has 2 rings (SSSR count). The summed E-state index contributed by atoms with van der Waals surface area (Å²) in [5, 5.41) is 3.65. The Bertz CT molecular complexity index is 280. The van der Waals surface area contributed by atoms with Crippen molar-refractivity contribution in [2.24, 2.45) is 5.41 Å². The van der Waals surface area contributed by atoms with Crippen LogP contribution in [0.1, 0.15) is 40.0 Å². The summed E-state index contributed by atoms with van der Waals surface area (Å²) >= 11 is 0. The molecule has 2 unspecified atom stereocenters. The molecule has 2 fully saturated rings. The van der Waals surface area contributed by atoms with Gasteiger partial charge in [0.2, 0.25) is 0 Å². The lowest BCUT2D eigenvalue weighted by molar-refractivity contribution is -0.0778. The maximum atomic E-state index is 5.76. The Morgan fingerprint density at radius 3 is 2.70 bits per heavy atom. The van der Waals surface area contributed by atoms with Gasteiger partial charge < -0.3 is 14.8 Å². The highest BCUT2D eigenvalue weighted by Crippen LogP contribution is 2.32. The zero-order valence-electron chi connectivity index (χ0n) is 13.5. The predicted molar refractivity (Wildman–Crippen MR) is 82.1 cm³/mol. The predicted octanol–water partition coefficient (Wildman–Crippen LogP) is 1.89. The van der Waals surface area contributed by atoms with Gasteiger partial charge in [0.05, 0.1) is 12.7 Å². The summed E-state index contributed by atoms with van der Waals surface area (Å²) in [5.41, 5.74) is 0.388. The average Bonchev–Trinajstić information content (AvgIpc) is 2.44. The molecule has 4 nitrogen and oxygen atoms in total. The standard InChI is InChI=1S/C16H32N2O2/c1-4-7-17-12-16(5-8-19-9-6-16)13-18-10-15(3)20-11-14(18)2/h14-15,17H,4-13H2,1-3H3. The van der Waals surface area contributed by atoms with Crippen molar-refractivity contribution in [2.75, 3.05) is 46.0 Å². The largest absolute Gasteiger partial charge is 0.381 e. The van der Waals surface area contributed by atoms with E-state index in [1.807, 2.05) is 0 Å². The second-order valence-electron chi connectivity index (χ2n) is 6.71. The molecule has 0 bridgehead atoms. The Morgan fingerprint density at radius 1 is 1.25 bits per heavy atom. The van der Waals surface area contributed by atoms with Crippen molar-refractivity contribution in [1.82, 2.24) is 10.2 Å². The van der Waals surface area contributed by atoms with Crippen LogP contribution < -0.4 is 5.32 Å². The highest BCUT2D eigenvalue weighted by atomic mass is 16.5. The molecular formula is C16H32N2O2. The summed E-state index contributed by atoms with van der Waals surface area (Å²) in [6.45, 7) is 13.9. The first-order valence-corrected chi connectivity index (χ1v) is 8.29. The number of ether oxygens (including phenoxy) is 2. The molecule has 4 heteroatoms. The molecule has 0 aromatic rings. The number of morpholine rings is 1. The third-order valence-electron chi connectivity index (χ3n) is 4.76. The molecule has 0 spiro atoms. The van der Waals surface area contributed by atoms with E-state index in [4.69, 9.17) is 9.47 Å². The second-order valence-corrected chi connectivity index (χ2v) is 6.71. The molecular weight excluding hydrogens is 252 g/mol. The third-order valence-corrected chi connectivity index (χ3v) is 4.76. The summed E-state index contributed by atoms with van der Waals surface area (Å²) in [4.78, 5) is 2.63. The fourth-order valence-corrected chi connectivity index (χ4v) is 3.35. The van der Waals surface area contributed by atoms with Gasteiger partial charge in [-0.2, -0.15) is 0 Å². The minimum atomic E-state index is 0.367. The van der Waals surface area contributed by atoms with Crippen LogP contribution in [0.2, 0.25) is 0 Å². The van der Waals surface area contributed by atoms with Crippen LogP contribution in [0.3, 0.4) is 0 Å². The lowest BCUT2D eigenvalue weighted by Gasteiger charge is -2.45. The molecule has 2 saturated heterocycles. The van der Waals surface area contributed by atoms with Crippen molar-refractivity contribution >= 4 is 0 Å². The minimum Gasteiger partial charge on any atom is -0.381 e. The molecule has 0 aromatic carbocycles. The molecule has 2 aliphatic rings.